The Morgan fingerprint density at radius 2 is 1.73 bits per heavy atom. The van der Waals surface area contributed by atoms with Gasteiger partial charge in [0.05, 0.1) is 18.0 Å². The Hall–Kier alpha value is -2.12. The van der Waals surface area contributed by atoms with Crippen LogP contribution in [-0.2, 0) is 21.2 Å². The molecule has 0 saturated heterocycles. The van der Waals surface area contributed by atoms with Gasteiger partial charge in [-0.15, -0.1) is 0 Å². The fourth-order valence-corrected chi connectivity index (χ4v) is 3.24. The van der Waals surface area contributed by atoms with E-state index in [1.165, 1.54) is 6.26 Å². The van der Waals surface area contributed by atoms with Crippen LogP contribution in [0.4, 0.5) is 0 Å². The van der Waals surface area contributed by atoms with Gasteiger partial charge in [-0.05, 0) is 50.7 Å². The number of amides is 1. The molecule has 0 aliphatic heterocycles. The number of likely N-dealkylation sites (N-methyl/N-ethyl adjacent to an activating group) is 2. The molecule has 26 heavy (non-hydrogen) atoms. The Labute approximate surface area is 155 Å². The number of hydrogen-bond acceptors (Lipinski definition) is 5. The van der Waals surface area contributed by atoms with Gasteiger partial charge in [0.15, 0.2) is 9.84 Å². The standard InChI is InChI=1S/C19H26N2O4S/c1-14-6-9-17(25-14)12-21(4)19(22)13-20(3)15(2)16-7-10-18(11-8-16)26(5,23)24/h6-11,15H,12-13H2,1-5H3. The lowest BCUT2D eigenvalue weighted by Gasteiger charge is -2.27. The van der Waals surface area contributed by atoms with Crippen LogP contribution in [0.2, 0.25) is 0 Å². The minimum atomic E-state index is -3.21. The molecule has 2 aromatic rings. The second-order valence-corrected chi connectivity index (χ2v) is 8.71. The van der Waals surface area contributed by atoms with Crippen molar-refractivity contribution in [3.8, 4) is 0 Å². The lowest BCUT2D eigenvalue weighted by atomic mass is 10.1. The third kappa shape index (κ3) is 5.19. The van der Waals surface area contributed by atoms with Gasteiger partial charge >= 0.3 is 0 Å². The molecule has 0 N–H and O–H groups in total. The summed E-state index contributed by atoms with van der Waals surface area (Å²) in [5.74, 6) is 1.57. The minimum absolute atomic E-state index is 0.0128. The van der Waals surface area contributed by atoms with Crippen molar-refractivity contribution in [1.29, 1.82) is 0 Å². The highest BCUT2D eigenvalue weighted by Gasteiger charge is 2.18. The van der Waals surface area contributed by atoms with E-state index < -0.39 is 9.84 Å². The molecule has 1 heterocycles. The molecule has 142 valence electrons. The number of rotatable bonds is 7. The Morgan fingerprint density at radius 1 is 1.12 bits per heavy atom. The van der Waals surface area contributed by atoms with Crippen molar-refractivity contribution in [3.63, 3.8) is 0 Å². The number of carbonyl (C=O) groups excluding carboxylic acids is 1. The first-order valence-electron chi connectivity index (χ1n) is 8.37. The van der Waals surface area contributed by atoms with E-state index in [9.17, 15) is 13.2 Å². The summed E-state index contributed by atoms with van der Waals surface area (Å²) in [6.07, 6.45) is 1.19. The van der Waals surface area contributed by atoms with Crippen molar-refractivity contribution in [2.24, 2.45) is 0 Å². The van der Waals surface area contributed by atoms with E-state index in [0.717, 1.165) is 17.1 Å². The Balaban J connectivity index is 1.97. The number of nitrogens with zero attached hydrogens (tertiary/aromatic N) is 2. The van der Waals surface area contributed by atoms with Gasteiger partial charge in [-0.25, -0.2) is 8.42 Å². The van der Waals surface area contributed by atoms with Crippen molar-refractivity contribution < 1.29 is 17.6 Å². The second-order valence-electron chi connectivity index (χ2n) is 6.69. The van der Waals surface area contributed by atoms with Crippen molar-refractivity contribution in [1.82, 2.24) is 9.80 Å². The molecule has 0 fully saturated rings. The highest BCUT2D eigenvalue weighted by atomic mass is 32.2. The molecule has 1 amide bonds. The molecule has 0 aliphatic carbocycles. The highest BCUT2D eigenvalue weighted by Crippen LogP contribution is 2.21. The van der Waals surface area contributed by atoms with Gasteiger partial charge in [0.1, 0.15) is 11.5 Å². The van der Waals surface area contributed by atoms with Gasteiger partial charge in [0.2, 0.25) is 5.91 Å². The first-order valence-corrected chi connectivity index (χ1v) is 10.3. The van der Waals surface area contributed by atoms with Crippen LogP contribution in [0, 0.1) is 6.92 Å². The summed E-state index contributed by atoms with van der Waals surface area (Å²) in [6.45, 7) is 4.54. The zero-order valence-electron chi connectivity index (χ0n) is 15.9. The van der Waals surface area contributed by atoms with Crippen LogP contribution in [-0.4, -0.2) is 51.0 Å². The van der Waals surface area contributed by atoms with Crippen LogP contribution in [0.3, 0.4) is 0 Å². The predicted molar refractivity (Wildman–Crippen MR) is 101 cm³/mol. The lowest BCUT2D eigenvalue weighted by molar-refractivity contribution is -0.132. The second kappa shape index (κ2) is 8.05. The first-order chi connectivity index (χ1) is 12.1. The van der Waals surface area contributed by atoms with Crippen LogP contribution < -0.4 is 0 Å². The number of aryl methyl sites for hydroxylation is 1. The maximum atomic E-state index is 12.4. The Kier molecular flexibility index (Phi) is 6.26. The highest BCUT2D eigenvalue weighted by molar-refractivity contribution is 7.90. The van der Waals surface area contributed by atoms with Gasteiger partial charge in [-0.2, -0.15) is 0 Å². The van der Waals surface area contributed by atoms with Crippen LogP contribution in [0.15, 0.2) is 45.7 Å². The molecule has 1 aromatic carbocycles. The molecule has 2 rings (SSSR count). The summed E-state index contributed by atoms with van der Waals surface area (Å²) >= 11 is 0. The zero-order chi connectivity index (χ0) is 19.5. The summed E-state index contributed by atoms with van der Waals surface area (Å²) in [5.41, 5.74) is 0.956. The van der Waals surface area contributed by atoms with Gasteiger partial charge in [-0.1, -0.05) is 12.1 Å². The normalized spacial score (nSPS) is 13.0. The molecule has 1 atom stereocenters. The summed E-state index contributed by atoms with van der Waals surface area (Å²) < 4.78 is 28.6. The van der Waals surface area contributed by atoms with Crippen LogP contribution in [0.5, 0.6) is 0 Å². The lowest BCUT2D eigenvalue weighted by Crippen LogP contribution is -2.37. The SMILES string of the molecule is Cc1ccc(CN(C)C(=O)CN(C)C(C)c2ccc(S(C)(=O)=O)cc2)o1. The average molecular weight is 378 g/mol. The van der Waals surface area contributed by atoms with E-state index in [1.807, 2.05) is 37.9 Å². The molecule has 1 unspecified atom stereocenters. The number of furan rings is 1. The molecule has 7 heteroatoms. The maximum absolute atomic E-state index is 12.4. The summed E-state index contributed by atoms with van der Waals surface area (Å²) in [7, 11) is 0.415. The summed E-state index contributed by atoms with van der Waals surface area (Å²) in [4.78, 5) is 16.3. The molecule has 0 bridgehead atoms. The van der Waals surface area contributed by atoms with Gasteiger partial charge in [-0.3, -0.25) is 9.69 Å². The van der Waals surface area contributed by atoms with E-state index in [2.05, 4.69) is 0 Å². The van der Waals surface area contributed by atoms with Gasteiger partial charge in [0.25, 0.3) is 0 Å². The number of carbonyl (C=O) groups is 1. The third-order valence-electron chi connectivity index (χ3n) is 4.45. The number of benzene rings is 1. The molecule has 0 radical (unpaired) electrons. The van der Waals surface area contributed by atoms with Crippen molar-refractivity contribution in [2.45, 2.75) is 31.3 Å². The van der Waals surface area contributed by atoms with Crippen LogP contribution >= 0.6 is 0 Å². The van der Waals surface area contributed by atoms with Crippen LogP contribution in [0.1, 0.15) is 30.0 Å². The topological polar surface area (TPSA) is 70.8 Å². The van der Waals surface area contributed by atoms with Crippen molar-refractivity contribution >= 4 is 15.7 Å². The van der Waals surface area contributed by atoms with Crippen LogP contribution in [0.25, 0.3) is 0 Å². The molecule has 6 nitrogen and oxygen atoms in total. The summed E-state index contributed by atoms with van der Waals surface area (Å²) in [6, 6.07) is 10.5. The molecular weight excluding hydrogens is 352 g/mol. The number of sulfone groups is 1. The monoisotopic (exact) mass is 378 g/mol. The fourth-order valence-electron chi connectivity index (χ4n) is 2.61. The van der Waals surface area contributed by atoms with E-state index in [0.29, 0.717) is 11.4 Å². The quantitative estimate of drug-likeness (QED) is 0.741. The smallest absolute Gasteiger partial charge is 0.236 e. The van der Waals surface area contributed by atoms with E-state index in [4.69, 9.17) is 4.42 Å². The van der Waals surface area contributed by atoms with Gasteiger partial charge in [0, 0.05) is 19.3 Å². The van der Waals surface area contributed by atoms with E-state index in [-0.39, 0.29) is 18.5 Å². The first kappa shape index (κ1) is 20.2. The van der Waals surface area contributed by atoms with Gasteiger partial charge < -0.3 is 9.32 Å². The average Bonchev–Trinajstić information content (AvgIpc) is 2.98. The molecule has 0 saturated carbocycles. The molecule has 0 aliphatic rings. The molecule has 1 aromatic heterocycles. The fraction of sp³-hybridized carbons (Fsp3) is 0.421. The Bertz CT molecular complexity index is 856. The van der Waals surface area contributed by atoms with Crippen molar-refractivity contribution in [3.05, 3.63) is 53.5 Å². The molecular formula is C19H26N2O4S. The predicted octanol–water partition coefficient (Wildman–Crippen LogP) is 2.64. The largest absolute Gasteiger partial charge is 0.464 e. The van der Waals surface area contributed by atoms with E-state index in [1.54, 1.807) is 36.2 Å². The molecule has 0 spiro atoms. The summed E-state index contributed by atoms with van der Waals surface area (Å²) in [5, 5.41) is 0. The maximum Gasteiger partial charge on any atom is 0.236 e. The zero-order valence-corrected chi connectivity index (χ0v) is 16.7. The van der Waals surface area contributed by atoms with E-state index >= 15 is 0 Å². The minimum Gasteiger partial charge on any atom is -0.464 e. The Morgan fingerprint density at radius 3 is 2.23 bits per heavy atom. The number of hydrogen-bond donors (Lipinski definition) is 0. The van der Waals surface area contributed by atoms with Crippen molar-refractivity contribution in [2.75, 3.05) is 26.9 Å². The third-order valence-corrected chi connectivity index (χ3v) is 5.58.